The van der Waals surface area contributed by atoms with Gasteiger partial charge in [-0.15, -0.1) is 93.9 Å². The standard InChI is InChI=1S/C23H27.C21H23.2CH3.2ClH.Si.Zr/c1-6-16(2)19-14-18-8-7-9-21(22(18)15-19)17-10-12-20(13-11-17)23(3,4)5;1-5-15-13-17-7-6-8-19(20(17)14-15)16-9-11-18(12-10-16)21(2,3)4;;;;;;/h7-16H,6H2,1-5H3;6-14H,5H2,1-4H3;2*1H3;2*1H;;/q4*-1;;;;. The van der Waals surface area contributed by atoms with Gasteiger partial charge in [-0.2, -0.15) is 12.1 Å². The summed E-state index contributed by atoms with van der Waals surface area (Å²) in [6.45, 7) is 23.4. The Hall–Kier alpha value is -2.22. The Bertz CT molecular complexity index is 1860. The summed E-state index contributed by atoms with van der Waals surface area (Å²) in [4.78, 5) is 0. The third kappa shape index (κ3) is 11.4. The summed E-state index contributed by atoms with van der Waals surface area (Å²) < 4.78 is 0. The normalized spacial score (nSPS) is 11.3. The van der Waals surface area contributed by atoms with Gasteiger partial charge in [0, 0.05) is 0 Å². The van der Waals surface area contributed by atoms with Crippen molar-refractivity contribution in [2.24, 2.45) is 0 Å². The first-order chi connectivity index (χ1) is 21.9. The van der Waals surface area contributed by atoms with Gasteiger partial charge in [-0.1, -0.05) is 141 Å². The molecule has 0 amide bonds. The van der Waals surface area contributed by atoms with Crippen LogP contribution >= 0.6 is 24.8 Å². The van der Waals surface area contributed by atoms with E-state index in [0.717, 1.165) is 6.42 Å². The van der Waals surface area contributed by atoms with Crippen LogP contribution in [-0.4, -0.2) is 6.88 Å². The van der Waals surface area contributed by atoms with E-state index in [-0.39, 0.29) is 50.5 Å². The molecule has 6 rings (SSSR count). The summed E-state index contributed by atoms with van der Waals surface area (Å²) in [7, 11) is 0. The third-order valence-corrected chi connectivity index (χ3v) is 9.30. The molecule has 4 heteroatoms. The Labute approximate surface area is 334 Å². The molecule has 268 valence electrons. The third-order valence-electron chi connectivity index (χ3n) is 9.30. The fraction of sp³-hybridized carbons (Fsp3) is 0.304. The molecule has 50 heavy (non-hydrogen) atoms. The van der Waals surface area contributed by atoms with Crippen LogP contribution in [0.2, 0.25) is 0 Å². The van der Waals surface area contributed by atoms with Crippen molar-refractivity contribution in [3.63, 3.8) is 0 Å². The second-order valence-electron chi connectivity index (χ2n) is 14.6. The molecule has 1 unspecified atom stereocenters. The minimum absolute atomic E-state index is 0. The van der Waals surface area contributed by atoms with Crippen LogP contribution in [-0.2, 0) is 40.6 Å². The summed E-state index contributed by atoms with van der Waals surface area (Å²) in [5, 5.41) is 5.46. The molecule has 0 aliphatic rings. The van der Waals surface area contributed by atoms with Crippen molar-refractivity contribution >= 4 is 53.2 Å². The summed E-state index contributed by atoms with van der Waals surface area (Å²) in [5.74, 6) is 0.624. The molecule has 6 aromatic rings. The number of benzene rings is 4. The molecule has 0 aromatic heterocycles. The van der Waals surface area contributed by atoms with Gasteiger partial charge in [-0.3, -0.25) is 0 Å². The minimum atomic E-state index is 0. The molecular weight excluding hydrogens is 743 g/mol. The van der Waals surface area contributed by atoms with Gasteiger partial charge in [0.15, 0.2) is 0 Å². The van der Waals surface area contributed by atoms with Gasteiger partial charge in [0.1, 0.15) is 0 Å². The van der Waals surface area contributed by atoms with E-state index >= 15 is 0 Å². The molecule has 0 saturated heterocycles. The van der Waals surface area contributed by atoms with Gasteiger partial charge in [0.2, 0.25) is 0 Å². The number of hydrogen-bond donors (Lipinski definition) is 0. The molecule has 0 aliphatic heterocycles. The van der Waals surface area contributed by atoms with Gasteiger partial charge in [-0.25, -0.2) is 0 Å². The Kier molecular flexibility index (Phi) is 19.8. The molecule has 0 heterocycles. The predicted octanol–water partition coefficient (Wildman–Crippen LogP) is 14.5. The molecule has 6 aromatic carbocycles. The maximum absolute atomic E-state index is 3.06. The Morgan fingerprint density at radius 1 is 0.600 bits per heavy atom. The van der Waals surface area contributed by atoms with Crippen LogP contribution in [0.15, 0.2) is 109 Å². The molecule has 0 spiro atoms. The molecule has 2 radical (unpaired) electrons. The van der Waals surface area contributed by atoms with Gasteiger partial charge in [0.05, 0.1) is 0 Å². The summed E-state index contributed by atoms with van der Waals surface area (Å²) in [6.07, 6.45) is 2.28. The van der Waals surface area contributed by atoms with E-state index in [0.29, 0.717) is 5.92 Å². The average Bonchev–Trinajstić information content (AvgIpc) is 3.69. The van der Waals surface area contributed by atoms with Gasteiger partial charge in [0.25, 0.3) is 0 Å². The quantitative estimate of drug-likeness (QED) is 0.120. The van der Waals surface area contributed by atoms with E-state index in [4.69, 9.17) is 0 Å². The molecule has 0 N–H and O–H groups in total. The van der Waals surface area contributed by atoms with E-state index in [9.17, 15) is 0 Å². The summed E-state index contributed by atoms with van der Waals surface area (Å²) in [5.41, 5.74) is 11.4. The van der Waals surface area contributed by atoms with E-state index in [1.165, 1.54) is 95.8 Å². The van der Waals surface area contributed by atoms with Crippen LogP contribution in [0.5, 0.6) is 0 Å². The zero-order valence-electron chi connectivity index (χ0n) is 32.2. The van der Waals surface area contributed by atoms with Crippen LogP contribution in [0.1, 0.15) is 96.9 Å². The molecule has 1 atom stereocenters. The summed E-state index contributed by atoms with van der Waals surface area (Å²) >= 11 is 1.36. The fourth-order valence-electron chi connectivity index (χ4n) is 6.08. The van der Waals surface area contributed by atoms with Crippen LogP contribution in [0.25, 0.3) is 43.8 Å². The average molecular weight is 801 g/mol. The van der Waals surface area contributed by atoms with Crippen molar-refractivity contribution in [3.8, 4) is 22.3 Å². The van der Waals surface area contributed by atoms with E-state index in [1.807, 2.05) is 0 Å². The summed E-state index contributed by atoms with van der Waals surface area (Å²) in [6, 6.07) is 40.8. The van der Waals surface area contributed by atoms with Crippen molar-refractivity contribution in [2.75, 3.05) is 0 Å². The van der Waals surface area contributed by atoms with Crippen molar-refractivity contribution in [3.05, 3.63) is 146 Å². The predicted molar refractivity (Wildman–Crippen MR) is 229 cm³/mol. The van der Waals surface area contributed by atoms with Gasteiger partial charge >= 0.3 is 30.2 Å². The molecule has 0 fully saturated rings. The van der Waals surface area contributed by atoms with Crippen LogP contribution in [0, 0.1) is 14.9 Å². The van der Waals surface area contributed by atoms with Crippen molar-refractivity contribution < 1.29 is 23.3 Å². The number of rotatable bonds is 5. The number of aryl methyl sites for hydroxylation is 1. The first kappa shape index (κ1) is 47.8. The zero-order chi connectivity index (χ0) is 33.6. The first-order valence-corrected chi connectivity index (χ1v) is 20.9. The maximum atomic E-state index is 3.06. The number of fused-ring (bicyclic) bond motifs is 2. The Morgan fingerprint density at radius 2 is 1.00 bits per heavy atom. The zero-order valence-corrected chi connectivity index (χ0v) is 37.3. The molecular formula is C46H58Cl2SiZr-4. The van der Waals surface area contributed by atoms with Gasteiger partial charge < -0.3 is 14.9 Å². The topological polar surface area (TPSA) is 0 Å². The Morgan fingerprint density at radius 3 is 1.38 bits per heavy atom. The monoisotopic (exact) mass is 798 g/mol. The van der Waals surface area contributed by atoms with E-state index < -0.39 is 0 Å². The van der Waals surface area contributed by atoms with E-state index in [1.54, 1.807) is 0 Å². The van der Waals surface area contributed by atoms with Crippen LogP contribution in [0.4, 0.5) is 0 Å². The van der Waals surface area contributed by atoms with Crippen molar-refractivity contribution in [1.29, 1.82) is 0 Å². The van der Waals surface area contributed by atoms with Crippen LogP contribution < -0.4 is 0 Å². The molecule has 0 bridgehead atoms. The van der Waals surface area contributed by atoms with Crippen molar-refractivity contribution in [1.82, 2.24) is 0 Å². The van der Waals surface area contributed by atoms with Crippen molar-refractivity contribution in [2.45, 2.75) is 91.9 Å². The molecule has 0 saturated carbocycles. The van der Waals surface area contributed by atoms with Crippen LogP contribution in [0.3, 0.4) is 0 Å². The second-order valence-corrected chi connectivity index (χ2v) is 14.6. The molecule has 0 nitrogen and oxygen atoms in total. The fourth-order valence-corrected chi connectivity index (χ4v) is 6.08. The number of halogens is 2. The molecule has 0 aliphatic carbocycles. The number of hydrogen-bond acceptors (Lipinski definition) is 0. The van der Waals surface area contributed by atoms with E-state index in [2.05, 4.69) is 178 Å². The first-order valence-electron chi connectivity index (χ1n) is 16.7. The Balaban J connectivity index is 0.000000853. The van der Waals surface area contributed by atoms with Gasteiger partial charge in [-0.05, 0) is 45.4 Å². The second kappa shape index (κ2) is 20.7. The SMILES string of the molecule is CCC(C)c1cc2c(-c3ccc(C(C)(C)C)cc3)cccc2[cH-]1.CCc1cc2c(-c3ccc(C(C)(C)C)cc3)cccc2[cH-]1.Cl.Cl.[CH3-].[CH3-].[Si]=[Zr].